The molecule has 16 heavy (non-hydrogen) atoms. The molecule has 2 aromatic rings. The minimum absolute atomic E-state index is 0.452. The van der Waals surface area contributed by atoms with Gasteiger partial charge in [-0.1, -0.05) is 13.8 Å². The molecule has 1 N–H and O–H groups in total. The molecule has 0 radical (unpaired) electrons. The summed E-state index contributed by atoms with van der Waals surface area (Å²) in [5, 5.41) is 0. The Balaban J connectivity index is 2.38. The molecule has 0 bridgehead atoms. The number of aromatic amines is 1. The van der Waals surface area contributed by atoms with E-state index in [9.17, 15) is 0 Å². The molecule has 0 aliphatic rings. The number of H-pyrrole nitrogens is 1. The second-order valence-corrected chi connectivity index (χ2v) is 4.60. The van der Waals surface area contributed by atoms with Crippen molar-refractivity contribution >= 4 is 12.2 Å². The van der Waals surface area contributed by atoms with Crippen LogP contribution in [0.1, 0.15) is 31.3 Å². The first-order valence-electron chi connectivity index (χ1n) is 5.34. The number of rotatable bonds is 3. The number of nitrogens with one attached hydrogen (secondary N) is 1. The monoisotopic (exact) mass is 236 g/mol. The van der Waals surface area contributed by atoms with Gasteiger partial charge in [0.05, 0.1) is 6.54 Å². The molecule has 0 spiro atoms. The van der Waals surface area contributed by atoms with Crippen LogP contribution >= 0.6 is 12.2 Å². The van der Waals surface area contributed by atoms with Crippen molar-refractivity contribution in [1.82, 2.24) is 19.1 Å². The maximum absolute atomic E-state index is 5.28. The molecule has 0 amide bonds. The molecule has 0 aromatic carbocycles. The lowest BCUT2D eigenvalue weighted by atomic mass is 10.1. The quantitative estimate of drug-likeness (QED) is 0.831. The van der Waals surface area contributed by atoms with Gasteiger partial charge in [-0.25, -0.2) is 4.98 Å². The molecular formula is C11H16N4S. The van der Waals surface area contributed by atoms with Gasteiger partial charge in [-0.05, 0) is 18.1 Å². The van der Waals surface area contributed by atoms with Crippen LogP contribution in [0.3, 0.4) is 0 Å². The second kappa shape index (κ2) is 4.25. The first-order chi connectivity index (χ1) is 7.59. The van der Waals surface area contributed by atoms with Gasteiger partial charge in [0, 0.05) is 31.3 Å². The van der Waals surface area contributed by atoms with Gasteiger partial charge in [0.25, 0.3) is 0 Å². The molecule has 4 nitrogen and oxygen atoms in total. The van der Waals surface area contributed by atoms with E-state index < -0.39 is 0 Å². The third kappa shape index (κ3) is 1.95. The van der Waals surface area contributed by atoms with Crippen molar-refractivity contribution in [3.63, 3.8) is 0 Å². The van der Waals surface area contributed by atoms with Crippen LogP contribution in [0.25, 0.3) is 0 Å². The van der Waals surface area contributed by atoms with E-state index >= 15 is 0 Å². The molecule has 0 fully saturated rings. The summed E-state index contributed by atoms with van der Waals surface area (Å²) in [5.74, 6) is 1.46. The van der Waals surface area contributed by atoms with Crippen molar-refractivity contribution in [1.29, 1.82) is 0 Å². The summed E-state index contributed by atoms with van der Waals surface area (Å²) >= 11 is 5.28. The Hall–Kier alpha value is -1.36. The van der Waals surface area contributed by atoms with Gasteiger partial charge in [0.15, 0.2) is 4.77 Å². The Morgan fingerprint density at radius 2 is 2.25 bits per heavy atom. The average Bonchev–Trinajstić information content (AvgIpc) is 2.76. The van der Waals surface area contributed by atoms with Crippen LogP contribution in [0.15, 0.2) is 18.6 Å². The summed E-state index contributed by atoms with van der Waals surface area (Å²) in [6.07, 6.45) is 5.73. The molecule has 0 saturated heterocycles. The van der Waals surface area contributed by atoms with E-state index in [1.54, 1.807) is 6.20 Å². The van der Waals surface area contributed by atoms with Crippen molar-refractivity contribution in [2.45, 2.75) is 26.3 Å². The molecule has 0 atom stereocenters. The van der Waals surface area contributed by atoms with Gasteiger partial charge in [0.1, 0.15) is 5.82 Å². The summed E-state index contributed by atoms with van der Waals surface area (Å²) in [6, 6.07) is 0. The van der Waals surface area contributed by atoms with Crippen molar-refractivity contribution < 1.29 is 0 Å². The summed E-state index contributed by atoms with van der Waals surface area (Å²) in [4.78, 5) is 7.41. The largest absolute Gasteiger partial charge is 0.337 e. The SMILES string of the molecule is CC(C)c1c[nH]c(=S)n1Cc1nccn1C. The van der Waals surface area contributed by atoms with Crippen LogP contribution < -0.4 is 0 Å². The van der Waals surface area contributed by atoms with Gasteiger partial charge >= 0.3 is 0 Å². The summed E-state index contributed by atoms with van der Waals surface area (Å²) in [7, 11) is 1.99. The highest BCUT2D eigenvalue weighted by molar-refractivity contribution is 7.71. The first-order valence-corrected chi connectivity index (χ1v) is 5.74. The van der Waals surface area contributed by atoms with Crippen molar-refractivity contribution in [3.05, 3.63) is 34.9 Å². The van der Waals surface area contributed by atoms with Gasteiger partial charge in [0.2, 0.25) is 0 Å². The highest BCUT2D eigenvalue weighted by Gasteiger charge is 2.10. The Morgan fingerprint density at radius 1 is 1.50 bits per heavy atom. The number of imidazole rings is 2. The fourth-order valence-corrected chi connectivity index (χ4v) is 1.97. The van der Waals surface area contributed by atoms with Crippen LogP contribution in [0.4, 0.5) is 0 Å². The Kier molecular flexibility index (Phi) is 2.96. The minimum atomic E-state index is 0.452. The normalized spacial score (nSPS) is 11.2. The van der Waals surface area contributed by atoms with Crippen molar-refractivity contribution in [3.8, 4) is 0 Å². The lowest BCUT2D eigenvalue weighted by molar-refractivity contribution is 0.640. The molecular weight excluding hydrogens is 220 g/mol. The number of nitrogens with zero attached hydrogens (tertiary/aromatic N) is 3. The van der Waals surface area contributed by atoms with Crippen LogP contribution in [0.2, 0.25) is 0 Å². The van der Waals surface area contributed by atoms with Crippen molar-refractivity contribution in [2.75, 3.05) is 0 Å². The van der Waals surface area contributed by atoms with Crippen LogP contribution in [-0.4, -0.2) is 19.1 Å². The molecule has 0 aliphatic carbocycles. The zero-order valence-electron chi connectivity index (χ0n) is 9.77. The highest BCUT2D eigenvalue weighted by Crippen LogP contribution is 2.15. The molecule has 5 heteroatoms. The lowest BCUT2D eigenvalue weighted by Crippen LogP contribution is -2.09. The number of hydrogen-bond acceptors (Lipinski definition) is 2. The first kappa shape index (κ1) is 11.1. The molecule has 86 valence electrons. The zero-order chi connectivity index (χ0) is 11.7. The molecule has 2 aromatic heterocycles. The fraction of sp³-hybridized carbons (Fsp3) is 0.455. The Morgan fingerprint density at radius 3 is 2.81 bits per heavy atom. The molecule has 0 unspecified atom stereocenters. The summed E-state index contributed by atoms with van der Waals surface area (Å²) in [6.45, 7) is 5.04. The van der Waals surface area contributed by atoms with E-state index in [0.717, 1.165) is 17.1 Å². The van der Waals surface area contributed by atoms with Crippen molar-refractivity contribution in [2.24, 2.45) is 7.05 Å². The van der Waals surface area contributed by atoms with Gasteiger partial charge in [-0.15, -0.1) is 0 Å². The van der Waals surface area contributed by atoms with E-state index in [1.807, 2.05) is 24.0 Å². The summed E-state index contributed by atoms with van der Waals surface area (Å²) < 4.78 is 4.87. The third-order valence-electron chi connectivity index (χ3n) is 2.71. The fourth-order valence-electron chi connectivity index (χ4n) is 1.74. The predicted molar refractivity (Wildman–Crippen MR) is 66.0 cm³/mol. The second-order valence-electron chi connectivity index (χ2n) is 4.21. The van der Waals surface area contributed by atoms with E-state index in [-0.39, 0.29) is 0 Å². The van der Waals surface area contributed by atoms with E-state index in [1.165, 1.54) is 5.69 Å². The maximum atomic E-state index is 5.28. The molecule has 0 saturated carbocycles. The number of hydrogen-bond donors (Lipinski definition) is 1. The Labute approximate surface area is 99.9 Å². The van der Waals surface area contributed by atoms with E-state index in [4.69, 9.17) is 12.2 Å². The predicted octanol–water partition coefficient (Wildman–Crippen LogP) is 2.45. The zero-order valence-corrected chi connectivity index (χ0v) is 10.6. The molecule has 2 rings (SSSR count). The van der Waals surface area contributed by atoms with Gasteiger partial charge in [-0.2, -0.15) is 0 Å². The molecule has 2 heterocycles. The van der Waals surface area contributed by atoms with Crippen LogP contribution in [0.5, 0.6) is 0 Å². The Bertz CT molecular complexity index is 532. The van der Waals surface area contributed by atoms with Gasteiger partial charge < -0.3 is 14.1 Å². The van der Waals surface area contributed by atoms with Gasteiger partial charge in [-0.3, -0.25) is 0 Å². The van der Waals surface area contributed by atoms with Crippen LogP contribution in [-0.2, 0) is 13.6 Å². The third-order valence-corrected chi connectivity index (χ3v) is 3.05. The highest BCUT2D eigenvalue weighted by atomic mass is 32.1. The number of aryl methyl sites for hydroxylation is 1. The van der Waals surface area contributed by atoms with E-state index in [2.05, 4.69) is 28.4 Å². The average molecular weight is 236 g/mol. The topological polar surface area (TPSA) is 38.5 Å². The summed E-state index contributed by atoms with van der Waals surface area (Å²) in [5.41, 5.74) is 1.22. The maximum Gasteiger partial charge on any atom is 0.177 e. The van der Waals surface area contributed by atoms with Crippen LogP contribution in [0, 0.1) is 4.77 Å². The molecule has 0 aliphatic heterocycles. The van der Waals surface area contributed by atoms with E-state index in [0.29, 0.717) is 5.92 Å². The standard InChI is InChI=1S/C11H16N4S/c1-8(2)9-6-13-11(16)15(9)7-10-12-4-5-14(10)3/h4-6,8H,7H2,1-3H3,(H,13,16). The number of aromatic nitrogens is 4. The minimum Gasteiger partial charge on any atom is -0.337 e. The smallest absolute Gasteiger partial charge is 0.177 e. The lowest BCUT2D eigenvalue weighted by Gasteiger charge is -2.10.